The summed E-state index contributed by atoms with van der Waals surface area (Å²) in [6.07, 6.45) is 0. The number of nitrogens with one attached hydrogen (secondary N) is 2. The smallest absolute Gasteiger partial charge is 0.324 e. The van der Waals surface area contributed by atoms with E-state index in [2.05, 4.69) is 15.1 Å². The molecule has 0 aliphatic heterocycles. The van der Waals surface area contributed by atoms with Crippen LogP contribution < -0.4 is 15.6 Å². The third-order valence-corrected chi connectivity index (χ3v) is 3.97. The van der Waals surface area contributed by atoms with E-state index in [0.717, 1.165) is 11.8 Å². The number of aryl methyl sites for hydroxylation is 1. The fourth-order valence-electron chi connectivity index (χ4n) is 1.40. The van der Waals surface area contributed by atoms with Crippen LogP contribution in [0.3, 0.4) is 0 Å². The first kappa shape index (κ1) is 15.0. The predicted molar refractivity (Wildman–Crippen MR) is 76.3 cm³/mol. The van der Waals surface area contributed by atoms with Crippen molar-refractivity contribution in [3.05, 3.63) is 38.7 Å². The van der Waals surface area contributed by atoms with Gasteiger partial charge in [0.1, 0.15) is 0 Å². The molecule has 1 aromatic carbocycles. The molecule has 2 aromatic rings. The van der Waals surface area contributed by atoms with Gasteiger partial charge in [-0.3, -0.25) is 9.32 Å². The Balaban J connectivity index is 1.98. The lowest BCUT2D eigenvalue weighted by Gasteiger charge is -2.06. The van der Waals surface area contributed by atoms with Gasteiger partial charge in [0.15, 0.2) is 7.05 Å². The molecule has 0 saturated carbocycles. The molecule has 0 fully saturated rings. The maximum atomic E-state index is 11.8. The monoisotopic (exact) mass is 334 g/mol. The first-order chi connectivity index (χ1) is 9.47. The molecular weight excluding hydrogens is 325 g/mol. The third-order valence-electron chi connectivity index (χ3n) is 2.30. The van der Waals surface area contributed by atoms with Crippen LogP contribution in [0, 0.1) is 0 Å². The van der Waals surface area contributed by atoms with Crippen molar-refractivity contribution in [3.8, 4) is 0 Å². The zero-order chi connectivity index (χ0) is 14.7. The molecule has 1 aromatic heterocycles. The standard InChI is InChI=1S/C11H9Cl2N3O3S/c1-16-10(11(18)19-15-16)20-5-9(17)14-8-3-2-6(12)4-7(8)13/h2-4H,5H2,1H3,(H-,14,15,17,18)/p+1. The van der Waals surface area contributed by atoms with E-state index in [-0.39, 0.29) is 11.7 Å². The van der Waals surface area contributed by atoms with Crippen LogP contribution in [0.15, 0.2) is 32.5 Å². The van der Waals surface area contributed by atoms with Gasteiger partial charge in [0.25, 0.3) is 0 Å². The van der Waals surface area contributed by atoms with Crippen LogP contribution in [-0.4, -0.2) is 16.9 Å². The topological polar surface area (TPSA) is 79.0 Å². The number of H-pyrrole nitrogens is 1. The van der Waals surface area contributed by atoms with Crippen LogP contribution in [0.5, 0.6) is 0 Å². The van der Waals surface area contributed by atoms with Crippen molar-refractivity contribution < 1.29 is 14.0 Å². The number of hydrogen-bond donors (Lipinski definition) is 2. The maximum absolute atomic E-state index is 11.8. The highest BCUT2D eigenvalue weighted by molar-refractivity contribution is 7.99. The Labute approximate surface area is 128 Å². The zero-order valence-electron chi connectivity index (χ0n) is 10.3. The van der Waals surface area contributed by atoms with Gasteiger partial charge in [-0.25, -0.2) is 4.79 Å². The second-order valence-electron chi connectivity index (χ2n) is 3.81. The minimum Gasteiger partial charge on any atom is -0.324 e. The largest absolute Gasteiger partial charge is 0.441 e. The molecule has 9 heteroatoms. The second-order valence-corrected chi connectivity index (χ2v) is 5.61. The Kier molecular flexibility index (Phi) is 4.74. The molecule has 2 N–H and O–H groups in total. The number of thioether (sulfide) groups is 1. The quantitative estimate of drug-likeness (QED) is 0.660. The minimum absolute atomic E-state index is 0.0510. The van der Waals surface area contributed by atoms with Crippen molar-refractivity contribution >= 4 is 46.6 Å². The van der Waals surface area contributed by atoms with Crippen LogP contribution in [0.4, 0.5) is 5.69 Å². The van der Waals surface area contributed by atoms with Crippen molar-refractivity contribution in [1.29, 1.82) is 0 Å². The molecule has 0 aliphatic carbocycles. The lowest BCUT2D eigenvalue weighted by molar-refractivity contribution is -0.772. The summed E-state index contributed by atoms with van der Waals surface area (Å²) < 4.78 is 5.97. The van der Waals surface area contributed by atoms with Crippen LogP contribution in [-0.2, 0) is 11.8 Å². The average Bonchev–Trinajstić information content (AvgIpc) is 2.70. The molecular formula is C11H10Cl2N3O3S+. The minimum atomic E-state index is -0.519. The Morgan fingerprint density at radius 3 is 2.85 bits per heavy atom. The number of amides is 1. The number of hydrogen-bond acceptors (Lipinski definition) is 4. The van der Waals surface area contributed by atoms with E-state index in [4.69, 9.17) is 23.2 Å². The van der Waals surface area contributed by atoms with Crippen molar-refractivity contribution in [1.82, 2.24) is 5.27 Å². The summed E-state index contributed by atoms with van der Waals surface area (Å²) in [4.78, 5) is 23.1. The van der Waals surface area contributed by atoms with Gasteiger partial charge in [-0.2, -0.15) is 0 Å². The van der Waals surface area contributed by atoms with Gasteiger partial charge in [0.05, 0.1) is 16.5 Å². The lowest BCUT2D eigenvalue weighted by atomic mass is 10.3. The van der Waals surface area contributed by atoms with Crippen molar-refractivity contribution in [2.24, 2.45) is 7.05 Å². The van der Waals surface area contributed by atoms with Gasteiger partial charge in [-0.15, -0.1) is 0 Å². The number of carbonyl (C=O) groups is 1. The first-order valence-corrected chi connectivity index (χ1v) is 7.16. The second kappa shape index (κ2) is 6.34. The van der Waals surface area contributed by atoms with Crippen molar-refractivity contribution in [3.63, 3.8) is 0 Å². The van der Waals surface area contributed by atoms with E-state index in [1.165, 1.54) is 10.7 Å². The fourth-order valence-corrected chi connectivity index (χ4v) is 2.58. The average molecular weight is 335 g/mol. The highest BCUT2D eigenvalue weighted by Gasteiger charge is 2.19. The van der Waals surface area contributed by atoms with Crippen LogP contribution in [0.1, 0.15) is 0 Å². The zero-order valence-corrected chi connectivity index (χ0v) is 12.6. The van der Waals surface area contributed by atoms with E-state index in [0.29, 0.717) is 20.8 Å². The summed E-state index contributed by atoms with van der Waals surface area (Å²) >= 11 is 12.8. The highest BCUT2D eigenvalue weighted by atomic mass is 35.5. The molecule has 0 unspecified atom stereocenters. The first-order valence-electron chi connectivity index (χ1n) is 5.42. The Morgan fingerprint density at radius 2 is 2.25 bits per heavy atom. The molecule has 6 nitrogen and oxygen atoms in total. The number of aromatic amines is 1. The maximum Gasteiger partial charge on any atom is 0.441 e. The van der Waals surface area contributed by atoms with Crippen LogP contribution >= 0.6 is 35.0 Å². The molecule has 1 amide bonds. The van der Waals surface area contributed by atoms with Gasteiger partial charge in [-0.1, -0.05) is 27.9 Å². The summed E-state index contributed by atoms with van der Waals surface area (Å²) in [5, 5.41) is 6.15. The number of nitrogens with zero attached hydrogens (tertiary/aromatic N) is 1. The van der Waals surface area contributed by atoms with Gasteiger partial charge < -0.3 is 5.32 Å². The van der Waals surface area contributed by atoms with Crippen molar-refractivity contribution in [2.75, 3.05) is 11.1 Å². The van der Waals surface area contributed by atoms with E-state index >= 15 is 0 Å². The Bertz CT molecular complexity index is 698. The molecule has 1 heterocycles. The summed E-state index contributed by atoms with van der Waals surface area (Å²) in [5.74, 6) is -0.241. The molecule has 0 aliphatic rings. The van der Waals surface area contributed by atoms with Crippen LogP contribution in [0.25, 0.3) is 0 Å². The Morgan fingerprint density at radius 1 is 1.50 bits per heavy atom. The van der Waals surface area contributed by atoms with E-state index in [9.17, 15) is 9.59 Å². The molecule has 0 saturated heterocycles. The summed E-state index contributed by atoms with van der Waals surface area (Å²) in [6.45, 7) is 0. The van der Waals surface area contributed by atoms with Crippen LogP contribution in [0.2, 0.25) is 10.0 Å². The normalized spacial score (nSPS) is 10.6. The van der Waals surface area contributed by atoms with E-state index in [1.807, 2.05) is 0 Å². The van der Waals surface area contributed by atoms with Crippen molar-refractivity contribution in [2.45, 2.75) is 5.03 Å². The molecule has 0 bridgehead atoms. The number of aromatic nitrogens is 2. The number of rotatable bonds is 4. The molecule has 106 valence electrons. The molecule has 2 rings (SSSR count). The molecule has 20 heavy (non-hydrogen) atoms. The number of halogens is 2. The Hall–Kier alpha value is -1.44. The SMILES string of the molecule is C[n+]1[nH]oc(=O)c1SCC(=O)Nc1ccc(Cl)cc1Cl. The number of anilines is 1. The third kappa shape index (κ3) is 3.56. The van der Waals surface area contributed by atoms with E-state index < -0.39 is 5.63 Å². The van der Waals surface area contributed by atoms with Gasteiger partial charge in [0, 0.05) is 5.02 Å². The summed E-state index contributed by atoms with van der Waals surface area (Å²) in [5.41, 5.74) is -0.0537. The molecule has 0 radical (unpaired) electrons. The van der Waals surface area contributed by atoms with Gasteiger partial charge in [0.2, 0.25) is 5.91 Å². The lowest BCUT2D eigenvalue weighted by Crippen LogP contribution is -2.34. The number of benzene rings is 1. The highest BCUT2D eigenvalue weighted by Crippen LogP contribution is 2.25. The van der Waals surface area contributed by atoms with Gasteiger partial charge >= 0.3 is 10.7 Å². The number of carbonyl (C=O) groups excluding carboxylic acids is 1. The van der Waals surface area contributed by atoms with Gasteiger partial charge in [-0.05, 0) is 35.2 Å². The molecule has 0 atom stereocenters. The summed E-state index contributed by atoms with van der Waals surface area (Å²) in [7, 11) is 1.61. The summed E-state index contributed by atoms with van der Waals surface area (Å²) in [6, 6.07) is 4.77. The van der Waals surface area contributed by atoms with E-state index in [1.54, 1.807) is 19.2 Å². The predicted octanol–water partition coefficient (Wildman–Crippen LogP) is 1.83. The molecule has 0 spiro atoms. The fraction of sp³-hybridized carbons (Fsp3) is 0.182.